The van der Waals surface area contributed by atoms with Gasteiger partial charge in [0.1, 0.15) is 0 Å². The molecule has 0 bridgehead atoms. The van der Waals surface area contributed by atoms with E-state index in [1.807, 2.05) is 28.0 Å². The molecule has 2 aliphatic heterocycles. The molecule has 1 saturated carbocycles. The van der Waals surface area contributed by atoms with E-state index in [2.05, 4.69) is 11.0 Å². The molecule has 29 heavy (non-hydrogen) atoms. The molecule has 0 atom stereocenters. The lowest BCUT2D eigenvalue weighted by Crippen LogP contribution is -2.60. The van der Waals surface area contributed by atoms with E-state index in [-0.39, 0.29) is 36.6 Å². The first-order valence-corrected chi connectivity index (χ1v) is 10.3. The molecule has 0 unspecified atom stereocenters. The van der Waals surface area contributed by atoms with Crippen molar-refractivity contribution in [2.75, 3.05) is 44.2 Å². The third-order valence-corrected chi connectivity index (χ3v) is 6.38. The van der Waals surface area contributed by atoms with Crippen LogP contribution in [0.4, 0.5) is 5.69 Å². The summed E-state index contributed by atoms with van der Waals surface area (Å²) in [6, 6.07) is 8.14. The summed E-state index contributed by atoms with van der Waals surface area (Å²) in [5.74, 6) is 0.268. The number of anilines is 1. The van der Waals surface area contributed by atoms with Gasteiger partial charge in [-0.25, -0.2) is 0 Å². The first-order valence-electron chi connectivity index (χ1n) is 10.3. The maximum atomic E-state index is 12.9. The molecule has 0 aromatic heterocycles. The monoisotopic (exact) mass is 442 g/mol. The van der Waals surface area contributed by atoms with Gasteiger partial charge >= 0.3 is 0 Å². The van der Waals surface area contributed by atoms with E-state index in [1.165, 1.54) is 12.0 Å². The van der Waals surface area contributed by atoms with E-state index < -0.39 is 5.54 Å². The van der Waals surface area contributed by atoms with Gasteiger partial charge < -0.3 is 15.5 Å². The number of hydrogen-bond donors (Lipinski definition) is 1. The zero-order valence-electron chi connectivity index (χ0n) is 16.8. The van der Waals surface area contributed by atoms with E-state index in [1.54, 1.807) is 0 Å². The number of halogens is 2. The van der Waals surface area contributed by atoms with Gasteiger partial charge in [-0.3, -0.25) is 14.5 Å². The maximum absolute atomic E-state index is 12.9. The highest BCUT2D eigenvalue weighted by Gasteiger charge is 2.39. The highest BCUT2D eigenvalue weighted by atomic mass is 35.5. The number of piperazine rings is 1. The summed E-state index contributed by atoms with van der Waals surface area (Å²) in [4.78, 5) is 31.6. The molecule has 4 rings (SSSR count). The van der Waals surface area contributed by atoms with Crippen LogP contribution in [0.3, 0.4) is 0 Å². The van der Waals surface area contributed by atoms with Crippen LogP contribution in [0.1, 0.15) is 37.7 Å². The molecule has 2 N–H and O–H groups in total. The van der Waals surface area contributed by atoms with Crippen molar-refractivity contribution in [2.24, 2.45) is 5.73 Å². The maximum Gasteiger partial charge on any atom is 0.242 e. The van der Waals surface area contributed by atoms with Gasteiger partial charge in [0.05, 0.1) is 12.1 Å². The smallest absolute Gasteiger partial charge is 0.242 e. The molecule has 3 aliphatic rings. The van der Waals surface area contributed by atoms with Crippen LogP contribution in [0.15, 0.2) is 24.3 Å². The summed E-state index contributed by atoms with van der Waals surface area (Å²) in [5, 5.41) is 0. The summed E-state index contributed by atoms with van der Waals surface area (Å²) in [6.45, 7) is 4.01. The zero-order valence-corrected chi connectivity index (χ0v) is 18.5. The van der Waals surface area contributed by atoms with Crippen LogP contribution >= 0.6 is 24.8 Å². The molecule has 162 valence electrons. The van der Waals surface area contributed by atoms with Gasteiger partial charge in [0, 0.05) is 38.4 Å². The van der Waals surface area contributed by atoms with Gasteiger partial charge in [-0.15, -0.1) is 24.8 Å². The number of para-hydroxylation sites is 1. The van der Waals surface area contributed by atoms with Gasteiger partial charge in [0.2, 0.25) is 11.8 Å². The molecule has 6 nitrogen and oxygen atoms in total. The average Bonchev–Trinajstić information content (AvgIpc) is 3.13. The number of nitrogens with zero attached hydrogens (tertiary/aromatic N) is 3. The number of amides is 2. The highest BCUT2D eigenvalue weighted by Crippen LogP contribution is 2.29. The summed E-state index contributed by atoms with van der Waals surface area (Å²) in [7, 11) is 0. The number of carbonyl (C=O) groups is 2. The van der Waals surface area contributed by atoms with Crippen molar-refractivity contribution in [3.63, 3.8) is 0 Å². The minimum absolute atomic E-state index is 0. The van der Waals surface area contributed by atoms with Crippen molar-refractivity contribution in [2.45, 2.75) is 44.1 Å². The Hall–Kier alpha value is -1.34. The number of fused-ring (bicyclic) bond motifs is 1. The molecule has 0 spiro atoms. The number of hydrogen-bond acceptors (Lipinski definition) is 4. The first-order chi connectivity index (χ1) is 13.1. The fourth-order valence-electron chi connectivity index (χ4n) is 4.69. The van der Waals surface area contributed by atoms with Crippen LogP contribution < -0.4 is 10.6 Å². The number of benzene rings is 1. The second kappa shape index (κ2) is 10.1. The molecule has 8 heteroatoms. The Morgan fingerprint density at radius 1 is 0.931 bits per heavy atom. The molecule has 0 radical (unpaired) electrons. The van der Waals surface area contributed by atoms with Crippen molar-refractivity contribution in [3.05, 3.63) is 29.8 Å². The van der Waals surface area contributed by atoms with Gasteiger partial charge in [0.15, 0.2) is 0 Å². The van der Waals surface area contributed by atoms with Crippen LogP contribution in [0.25, 0.3) is 0 Å². The molecule has 2 amide bonds. The van der Waals surface area contributed by atoms with Gasteiger partial charge in [-0.2, -0.15) is 0 Å². The van der Waals surface area contributed by atoms with Crippen LogP contribution in [0.2, 0.25) is 0 Å². The lowest BCUT2D eigenvalue weighted by molar-refractivity contribution is -0.140. The molecular formula is C21H32Cl2N4O2. The standard InChI is InChI=1S/C21H30N4O2.2ClH/c22-21(9-4-1-5-10-21)20(27)24-14-12-23(13-15-24)16-19(26)25-11-8-17-6-2-3-7-18(17)25;;/h2-3,6-7H,1,4-5,8-16,22H2;2*1H. The number of carbonyl (C=O) groups excluding carboxylic acids is 2. The Labute approximate surface area is 185 Å². The van der Waals surface area contributed by atoms with Crippen molar-refractivity contribution in [3.8, 4) is 0 Å². The molecule has 2 heterocycles. The Morgan fingerprint density at radius 3 is 2.28 bits per heavy atom. The van der Waals surface area contributed by atoms with Gasteiger partial charge in [-0.1, -0.05) is 37.5 Å². The Bertz CT molecular complexity index is 716. The van der Waals surface area contributed by atoms with E-state index >= 15 is 0 Å². The van der Waals surface area contributed by atoms with E-state index in [9.17, 15) is 9.59 Å². The average molecular weight is 443 g/mol. The van der Waals surface area contributed by atoms with Crippen molar-refractivity contribution >= 4 is 42.3 Å². The fourth-order valence-corrected chi connectivity index (χ4v) is 4.69. The highest BCUT2D eigenvalue weighted by molar-refractivity contribution is 5.96. The van der Waals surface area contributed by atoms with Crippen molar-refractivity contribution in [1.82, 2.24) is 9.80 Å². The van der Waals surface area contributed by atoms with E-state index in [4.69, 9.17) is 5.73 Å². The predicted molar refractivity (Wildman–Crippen MR) is 120 cm³/mol. The molecular weight excluding hydrogens is 411 g/mol. The molecule has 1 saturated heterocycles. The predicted octanol–water partition coefficient (Wildman–Crippen LogP) is 2.23. The molecule has 1 aliphatic carbocycles. The summed E-state index contributed by atoms with van der Waals surface area (Å²) >= 11 is 0. The first kappa shape index (κ1) is 23.9. The third kappa shape index (κ3) is 5.05. The Balaban J connectivity index is 0.00000150. The van der Waals surface area contributed by atoms with Crippen molar-refractivity contribution in [1.29, 1.82) is 0 Å². The van der Waals surface area contributed by atoms with E-state index in [0.29, 0.717) is 19.6 Å². The Kier molecular flexibility index (Phi) is 8.35. The lowest BCUT2D eigenvalue weighted by Gasteiger charge is -2.41. The van der Waals surface area contributed by atoms with Crippen LogP contribution in [0, 0.1) is 0 Å². The molecule has 1 aromatic carbocycles. The van der Waals surface area contributed by atoms with Crippen LogP contribution in [0.5, 0.6) is 0 Å². The molecule has 1 aromatic rings. The summed E-state index contributed by atoms with van der Waals surface area (Å²) < 4.78 is 0. The number of nitrogens with two attached hydrogens (primary N) is 1. The lowest BCUT2D eigenvalue weighted by atomic mass is 9.81. The van der Waals surface area contributed by atoms with Gasteiger partial charge in [-0.05, 0) is 30.9 Å². The third-order valence-electron chi connectivity index (χ3n) is 6.38. The quantitative estimate of drug-likeness (QED) is 0.778. The normalized spacial score (nSPS) is 21.0. The summed E-state index contributed by atoms with van der Waals surface area (Å²) in [5.41, 5.74) is 8.06. The second-order valence-electron chi connectivity index (χ2n) is 8.21. The fraction of sp³-hybridized carbons (Fsp3) is 0.619. The Morgan fingerprint density at radius 2 is 1.59 bits per heavy atom. The second-order valence-corrected chi connectivity index (χ2v) is 8.21. The minimum atomic E-state index is -0.657. The van der Waals surface area contributed by atoms with Gasteiger partial charge in [0.25, 0.3) is 0 Å². The van der Waals surface area contributed by atoms with Crippen molar-refractivity contribution < 1.29 is 9.59 Å². The van der Waals surface area contributed by atoms with Crippen LogP contribution in [-0.2, 0) is 16.0 Å². The van der Waals surface area contributed by atoms with Crippen LogP contribution in [-0.4, -0.2) is 66.4 Å². The molecule has 2 fully saturated rings. The SMILES string of the molecule is Cl.Cl.NC1(C(=O)N2CCN(CC(=O)N3CCc4ccccc43)CC2)CCCCC1. The topological polar surface area (TPSA) is 69.9 Å². The van der Waals surface area contributed by atoms with E-state index in [0.717, 1.165) is 57.4 Å². The minimum Gasteiger partial charge on any atom is -0.339 e. The summed E-state index contributed by atoms with van der Waals surface area (Å²) in [6.07, 6.45) is 5.82. The largest absolute Gasteiger partial charge is 0.339 e. The zero-order chi connectivity index (χ0) is 18.9. The number of rotatable bonds is 3.